The van der Waals surface area contributed by atoms with Gasteiger partial charge in [-0.3, -0.25) is 10.1 Å². The van der Waals surface area contributed by atoms with Gasteiger partial charge >= 0.3 is 0 Å². The van der Waals surface area contributed by atoms with Crippen molar-refractivity contribution in [1.29, 1.82) is 0 Å². The highest BCUT2D eigenvalue weighted by Gasteiger charge is 2.68. The monoisotopic (exact) mass is 903 g/mol. The van der Waals surface area contributed by atoms with Gasteiger partial charge in [-0.15, -0.1) is 0 Å². The van der Waals surface area contributed by atoms with Gasteiger partial charge in [0.15, 0.2) is 6.29 Å². The van der Waals surface area contributed by atoms with E-state index in [2.05, 4.69) is 59.7 Å². The molecule has 8 N–H and O–H groups in total. The predicted molar refractivity (Wildman–Crippen MR) is 258 cm³/mol. The molecule has 11 heteroatoms. The second kappa shape index (κ2) is 24.3. The van der Waals surface area contributed by atoms with Crippen LogP contribution in [0.15, 0.2) is 95.2 Å². The van der Waals surface area contributed by atoms with Crippen LogP contribution in [0.1, 0.15) is 103 Å². The molecule has 1 aromatic carbocycles. The Kier molecular flexibility index (Phi) is 19.8. The van der Waals surface area contributed by atoms with Gasteiger partial charge in [-0.25, -0.2) is 0 Å². The fraction of sp³-hybridized carbons (Fsp3) is 0.648. The zero-order valence-electron chi connectivity index (χ0n) is 40.2. The van der Waals surface area contributed by atoms with Crippen LogP contribution >= 0.6 is 0 Å². The number of allylic oxidation sites excluding steroid dienone is 9. The van der Waals surface area contributed by atoms with Gasteiger partial charge in [-0.1, -0.05) is 92.3 Å². The maximum atomic E-state index is 13.0. The molecular weight excluding hydrogens is 821 g/mol. The highest BCUT2D eigenvalue weighted by atomic mass is 16.6. The molecule has 5 rings (SSSR count). The van der Waals surface area contributed by atoms with Crippen molar-refractivity contribution in [1.82, 2.24) is 10.6 Å². The van der Waals surface area contributed by atoms with Gasteiger partial charge < -0.3 is 45.4 Å². The van der Waals surface area contributed by atoms with Gasteiger partial charge in [0, 0.05) is 56.1 Å². The minimum absolute atomic E-state index is 0.00321. The summed E-state index contributed by atoms with van der Waals surface area (Å²) in [4.78, 5) is 12.5. The van der Waals surface area contributed by atoms with Crippen LogP contribution in [0.4, 0.5) is 0 Å². The molecule has 0 saturated heterocycles. The highest BCUT2D eigenvalue weighted by molar-refractivity contribution is 5.74. The van der Waals surface area contributed by atoms with Crippen LogP contribution in [0.5, 0.6) is 0 Å². The number of carbonyl (C=O) groups excluding carboxylic acids is 1. The van der Waals surface area contributed by atoms with E-state index in [1.807, 2.05) is 53.0 Å². The molecule has 2 saturated carbocycles. The van der Waals surface area contributed by atoms with E-state index in [0.29, 0.717) is 89.4 Å². The number of benzene rings is 1. The SMILES string of the molecule is C=C(C=CC=C(COC(O)CC(C)C)C1CCC2(C1O)C1C(=C(C)C=O)C(C=CC1CCO)CC2(O)CCNC)C1CC=C(C)C(O)NC(CCCO)(CCOC)Cc2cccc(c2)C1. The third kappa shape index (κ3) is 12.5. The highest BCUT2D eigenvalue weighted by Crippen LogP contribution is 2.67. The number of aliphatic hydroxyl groups is 6. The maximum Gasteiger partial charge on any atom is 0.155 e. The van der Waals surface area contributed by atoms with Crippen molar-refractivity contribution < 1.29 is 44.9 Å². The van der Waals surface area contributed by atoms with Crippen LogP contribution < -0.4 is 10.6 Å². The third-order valence-corrected chi connectivity index (χ3v) is 15.3. The van der Waals surface area contributed by atoms with E-state index < -0.39 is 41.1 Å². The Morgan fingerprint density at radius 2 is 1.88 bits per heavy atom. The Labute approximate surface area is 389 Å². The Morgan fingerprint density at radius 3 is 2.57 bits per heavy atom. The molecule has 1 spiro atoms. The third-order valence-electron chi connectivity index (χ3n) is 15.3. The summed E-state index contributed by atoms with van der Waals surface area (Å²) < 4.78 is 11.6. The van der Waals surface area contributed by atoms with Crippen molar-refractivity contribution in [2.75, 3.05) is 47.1 Å². The number of methoxy groups -OCH3 is 1. The summed E-state index contributed by atoms with van der Waals surface area (Å²) in [6.45, 7) is 13.5. The first kappa shape index (κ1) is 52.9. The number of ether oxygens (including phenoxy) is 2. The number of carbonyl (C=O) groups is 1. The summed E-state index contributed by atoms with van der Waals surface area (Å²) in [6.07, 6.45) is 17.0. The van der Waals surface area contributed by atoms with Crippen LogP contribution in [0.25, 0.3) is 0 Å². The standard InChI is InChI=1S/C54H82N2O9/c1-36(2)29-47(60)65-35-45(46-19-22-54(50(46)61)49-42(20-27-58)17-18-44(48(49)39(5)34-59)33-53(54,63)23-25-55-6)14-8-11-37(3)43-16-15-38(4)51(62)56-52(21-10-26-57,24-28-64-7)32-41-13-9-12-40(30-41)31-43/h8-9,11-15,17-18,30,34,36,42-44,46-47,49-51,55-58,60-63H,3,10,16,19-29,31-33,35H2,1-2,4-7H3. The van der Waals surface area contributed by atoms with E-state index >= 15 is 0 Å². The molecule has 1 heterocycles. The number of fused-ring (bicyclic) bond motifs is 5. The van der Waals surface area contributed by atoms with E-state index in [1.165, 1.54) is 5.56 Å². The van der Waals surface area contributed by atoms with Crippen molar-refractivity contribution in [3.63, 3.8) is 0 Å². The molecule has 0 aromatic heterocycles. The summed E-state index contributed by atoms with van der Waals surface area (Å²) >= 11 is 0. The smallest absolute Gasteiger partial charge is 0.155 e. The Bertz CT molecular complexity index is 1880. The summed E-state index contributed by atoms with van der Waals surface area (Å²) in [5, 5.41) is 75.4. The lowest BCUT2D eigenvalue weighted by atomic mass is 9.45. The summed E-state index contributed by atoms with van der Waals surface area (Å²) in [5.41, 5.74) is 3.64. The molecule has 3 aliphatic carbocycles. The summed E-state index contributed by atoms with van der Waals surface area (Å²) in [6, 6.07) is 8.59. The first-order valence-corrected chi connectivity index (χ1v) is 24.3. The molecule has 1 aromatic rings. The van der Waals surface area contributed by atoms with Crippen LogP contribution in [0.2, 0.25) is 0 Å². The van der Waals surface area contributed by atoms with Gasteiger partial charge in [0.25, 0.3) is 0 Å². The minimum Gasteiger partial charge on any atom is -0.396 e. The zero-order chi connectivity index (χ0) is 47.4. The Morgan fingerprint density at radius 1 is 1.11 bits per heavy atom. The maximum absolute atomic E-state index is 13.0. The molecule has 2 fully saturated rings. The molecule has 11 atom stereocenters. The molecule has 362 valence electrons. The lowest BCUT2D eigenvalue weighted by molar-refractivity contribution is -0.194. The predicted octanol–water partition coefficient (Wildman–Crippen LogP) is 6.43. The van der Waals surface area contributed by atoms with Gasteiger partial charge in [0.2, 0.25) is 0 Å². The van der Waals surface area contributed by atoms with Crippen LogP contribution in [0.3, 0.4) is 0 Å². The first-order valence-electron chi connectivity index (χ1n) is 24.3. The average molecular weight is 903 g/mol. The first-order chi connectivity index (χ1) is 31.1. The number of hydrogen-bond donors (Lipinski definition) is 8. The number of aldehydes is 1. The lowest BCUT2D eigenvalue weighted by Gasteiger charge is -2.61. The molecule has 11 unspecified atom stereocenters. The van der Waals surface area contributed by atoms with Gasteiger partial charge in [0.1, 0.15) is 12.5 Å². The van der Waals surface area contributed by atoms with Gasteiger partial charge in [-0.2, -0.15) is 0 Å². The van der Waals surface area contributed by atoms with Crippen molar-refractivity contribution >= 4 is 6.29 Å². The fourth-order valence-corrected chi connectivity index (χ4v) is 11.9. The normalized spacial score (nSPS) is 33.2. The van der Waals surface area contributed by atoms with Crippen molar-refractivity contribution in [3.05, 3.63) is 106 Å². The van der Waals surface area contributed by atoms with Gasteiger partial charge in [0.05, 0.1) is 18.3 Å². The van der Waals surface area contributed by atoms with E-state index in [0.717, 1.165) is 40.6 Å². The van der Waals surface area contributed by atoms with E-state index in [4.69, 9.17) is 9.47 Å². The average Bonchev–Trinajstić information content (AvgIpc) is 3.62. The zero-order valence-corrected chi connectivity index (χ0v) is 40.2. The van der Waals surface area contributed by atoms with Crippen LogP contribution in [-0.4, -0.2) is 114 Å². The van der Waals surface area contributed by atoms with E-state index in [9.17, 15) is 35.4 Å². The minimum atomic E-state index is -1.28. The fourth-order valence-electron chi connectivity index (χ4n) is 11.9. The van der Waals surface area contributed by atoms with Crippen LogP contribution in [-0.2, 0) is 27.1 Å². The number of rotatable bonds is 21. The molecule has 0 amide bonds. The molecule has 65 heavy (non-hydrogen) atoms. The number of aliphatic hydroxyl groups excluding tert-OH is 5. The topological polar surface area (TPSA) is 181 Å². The van der Waals surface area contributed by atoms with Crippen molar-refractivity contribution in [2.45, 2.75) is 135 Å². The molecular formula is C54H82N2O9. The molecule has 1 aliphatic heterocycles. The van der Waals surface area contributed by atoms with Crippen LogP contribution in [0, 0.1) is 40.9 Å². The second-order valence-electron chi connectivity index (χ2n) is 20.2. The van der Waals surface area contributed by atoms with Crippen molar-refractivity contribution in [3.8, 4) is 0 Å². The summed E-state index contributed by atoms with van der Waals surface area (Å²) in [5.74, 6) is -0.906. The molecule has 4 bridgehead atoms. The number of hydrogen-bond acceptors (Lipinski definition) is 11. The lowest BCUT2D eigenvalue weighted by Crippen LogP contribution is -2.65. The van der Waals surface area contributed by atoms with E-state index in [1.54, 1.807) is 7.11 Å². The number of nitrogens with one attached hydrogen (secondary N) is 2. The Balaban J connectivity index is 1.51. The van der Waals surface area contributed by atoms with Crippen molar-refractivity contribution in [2.24, 2.45) is 40.9 Å². The van der Waals surface area contributed by atoms with E-state index in [-0.39, 0.29) is 49.4 Å². The molecule has 4 aliphatic rings. The molecule has 11 nitrogen and oxygen atoms in total. The second-order valence-corrected chi connectivity index (χ2v) is 20.2. The summed E-state index contributed by atoms with van der Waals surface area (Å²) in [7, 11) is 3.54. The quantitative estimate of drug-likeness (QED) is 0.0224. The largest absolute Gasteiger partial charge is 0.396 e. The molecule has 0 radical (unpaired) electrons. The van der Waals surface area contributed by atoms with Gasteiger partial charge in [-0.05, 0) is 150 Å². The Hall–Kier alpha value is -3.07.